The van der Waals surface area contributed by atoms with Crippen molar-refractivity contribution in [3.8, 4) is 0 Å². The van der Waals surface area contributed by atoms with Crippen molar-refractivity contribution in [3.63, 3.8) is 0 Å². The molecule has 1 unspecified atom stereocenters. The molecule has 1 aromatic heterocycles. The first-order valence-electron chi connectivity index (χ1n) is 8.95. The Morgan fingerprint density at radius 1 is 1.08 bits per heavy atom. The molecule has 6 nitrogen and oxygen atoms in total. The van der Waals surface area contributed by atoms with E-state index in [9.17, 15) is 4.79 Å². The number of aryl methyl sites for hydroxylation is 2. The highest BCUT2D eigenvalue weighted by Gasteiger charge is 2.28. The van der Waals surface area contributed by atoms with E-state index in [-0.39, 0.29) is 11.9 Å². The molecule has 0 bridgehead atoms. The molecule has 1 heterocycles. The summed E-state index contributed by atoms with van der Waals surface area (Å²) in [4.78, 5) is 26.9. The van der Waals surface area contributed by atoms with Gasteiger partial charge in [-0.25, -0.2) is 4.98 Å². The number of H-pyrrole nitrogens is 1. The number of carbonyl (C=O) groups is 1. The van der Waals surface area contributed by atoms with Crippen molar-refractivity contribution in [2.75, 3.05) is 41.3 Å². The molecule has 0 aliphatic rings. The van der Waals surface area contributed by atoms with E-state index in [0.29, 0.717) is 13.1 Å². The van der Waals surface area contributed by atoms with Gasteiger partial charge in [-0.15, -0.1) is 0 Å². The molecule has 2 aromatic rings. The Morgan fingerprint density at radius 2 is 1.73 bits per heavy atom. The van der Waals surface area contributed by atoms with Crippen molar-refractivity contribution >= 4 is 5.91 Å². The first-order chi connectivity index (χ1) is 12.3. The van der Waals surface area contributed by atoms with Gasteiger partial charge in [0.05, 0.1) is 18.6 Å². The van der Waals surface area contributed by atoms with Gasteiger partial charge in [-0.3, -0.25) is 9.69 Å². The molecule has 1 N–H and O–H groups in total. The normalized spacial score (nSPS) is 12.6. The molecule has 1 amide bonds. The number of carbonyl (C=O) groups excluding carboxylic acids is 1. The minimum atomic E-state index is -0.308. The monoisotopic (exact) mass is 357 g/mol. The fraction of sp³-hybridized carbons (Fsp3) is 0.500. The van der Waals surface area contributed by atoms with Gasteiger partial charge in [0.15, 0.2) is 0 Å². The number of imidazole rings is 1. The van der Waals surface area contributed by atoms with Crippen molar-refractivity contribution in [2.24, 2.45) is 0 Å². The number of nitrogens with one attached hydrogen (secondary N) is 1. The van der Waals surface area contributed by atoms with Crippen LogP contribution in [0.3, 0.4) is 0 Å². The van der Waals surface area contributed by atoms with Gasteiger partial charge >= 0.3 is 0 Å². The molecule has 2 rings (SSSR count). The summed E-state index contributed by atoms with van der Waals surface area (Å²) in [6.07, 6.45) is 1.68. The average molecular weight is 358 g/mol. The van der Waals surface area contributed by atoms with Crippen molar-refractivity contribution in [3.05, 3.63) is 53.1 Å². The van der Waals surface area contributed by atoms with E-state index < -0.39 is 0 Å². The molecule has 0 aliphatic heterocycles. The Balaban J connectivity index is 2.28. The van der Waals surface area contributed by atoms with Crippen LogP contribution in [0.2, 0.25) is 0 Å². The third-order valence-corrected chi connectivity index (χ3v) is 4.55. The predicted molar refractivity (Wildman–Crippen MR) is 105 cm³/mol. The summed E-state index contributed by atoms with van der Waals surface area (Å²) in [5.74, 6) is 0.100. The molecule has 0 saturated heterocycles. The van der Waals surface area contributed by atoms with Gasteiger partial charge in [0, 0.05) is 18.8 Å². The van der Waals surface area contributed by atoms with Crippen LogP contribution in [-0.2, 0) is 11.3 Å². The topological polar surface area (TPSA) is 55.5 Å². The Labute approximate surface area is 156 Å². The van der Waals surface area contributed by atoms with Crippen LogP contribution in [0, 0.1) is 13.8 Å². The zero-order chi connectivity index (χ0) is 19.3. The highest BCUT2D eigenvalue weighted by molar-refractivity contribution is 5.83. The summed E-state index contributed by atoms with van der Waals surface area (Å²) >= 11 is 0. The Hall–Kier alpha value is -2.18. The van der Waals surface area contributed by atoms with Crippen molar-refractivity contribution in [2.45, 2.75) is 26.4 Å². The van der Waals surface area contributed by atoms with Crippen LogP contribution in [0.5, 0.6) is 0 Å². The van der Waals surface area contributed by atoms with E-state index in [4.69, 9.17) is 0 Å². The van der Waals surface area contributed by atoms with E-state index in [1.54, 1.807) is 6.33 Å². The van der Waals surface area contributed by atoms with Gasteiger partial charge in [0.2, 0.25) is 5.91 Å². The maximum Gasteiger partial charge on any atom is 0.244 e. The van der Waals surface area contributed by atoms with E-state index >= 15 is 0 Å². The number of rotatable bonds is 8. The number of aromatic amines is 1. The minimum Gasteiger partial charge on any atom is -0.348 e. The number of likely N-dealkylation sites (N-methyl/N-ethyl adjacent to an activating group) is 2. The van der Waals surface area contributed by atoms with E-state index in [0.717, 1.165) is 23.5 Å². The quantitative estimate of drug-likeness (QED) is 0.787. The Bertz CT molecular complexity index is 705. The summed E-state index contributed by atoms with van der Waals surface area (Å²) in [6.45, 7) is 6.02. The highest BCUT2D eigenvalue weighted by Crippen LogP contribution is 2.22. The third kappa shape index (κ3) is 5.16. The second-order valence-corrected chi connectivity index (χ2v) is 7.31. The van der Waals surface area contributed by atoms with Crippen LogP contribution in [0.1, 0.15) is 28.6 Å². The van der Waals surface area contributed by atoms with E-state index in [2.05, 4.69) is 33.9 Å². The fourth-order valence-electron chi connectivity index (χ4n) is 2.90. The van der Waals surface area contributed by atoms with Crippen molar-refractivity contribution < 1.29 is 4.79 Å². The lowest BCUT2D eigenvalue weighted by Crippen LogP contribution is -2.43. The minimum absolute atomic E-state index is 0.100. The van der Waals surface area contributed by atoms with Gasteiger partial charge in [-0.05, 0) is 47.6 Å². The summed E-state index contributed by atoms with van der Waals surface area (Å²) in [6, 6.07) is 7.89. The van der Waals surface area contributed by atoms with Gasteiger partial charge in [-0.1, -0.05) is 29.8 Å². The zero-order valence-corrected chi connectivity index (χ0v) is 16.8. The lowest BCUT2D eigenvalue weighted by molar-refractivity contribution is -0.137. The second kappa shape index (κ2) is 8.96. The molecule has 0 fully saturated rings. The predicted octanol–water partition coefficient (Wildman–Crippen LogP) is 2.22. The van der Waals surface area contributed by atoms with Crippen LogP contribution < -0.4 is 0 Å². The highest BCUT2D eigenvalue weighted by atomic mass is 16.2. The SMILES string of the molecule is Cc1ccc(C(C(=O)N(CCN(C)C)Cc2nc[nH]c2C)N(C)C)cc1. The molecule has 0 saturated carbocycles. The summed E-state index contributed by atoms with van der Waals surface area (Å²) in [7, 11) is 7.94. The number of hydrogen-bond donors (Lipinski definition) is 1. The molecular weight excluding hydrogens is 326 g/mol. The van der Waals surface area contributed by atoms with Gasteiger partial charge in [-0.2, -0.15) is 0 Å². The molecule has 1 atom stereocenters. The second-order valence-electron chi connectivity index (χ2n) is 7.31. The smallest absolute Gasteiger partial charge is 0.244 e. The molecule has 0 radical (unpaired) electrons. The molecule has 1 aromatic carbocycles. The Morgan fingerprint density at radius 3 is 2.23 bits per heavy atom. The number of amides is 1. The van der Waals surface area contributed by atoms with Gasteiger partial charge in [0.1, 0.15) is 6.04 Å². The van der Waals surface area contributed by atoms with Crippen LogP contribution >= 0.6 is 0 Å². The van der Waals surface area contributed by atoms with Crippen LogP contribution in [0.4, 0.5) is 0 Å². The lowest BCUT2D eigenvalue weighted by Gasteiger charge is -2.31. The van der Waals surface area contributed by atoms with Crippen molar-refractivity contribution in [1.29, 1.82) is 0 Å². The zero-order valence-electron chi connectivity index (χ0n) is 16.8. The number of aromatic nitrogens is 2. The molecule has 0 aliphatic carbocycles. The fourth-order valence-corrected chi connectivity index (χ4v) is 2.90. The standard InChI is InChI=1S/C20H31N5O/c1-15-7-9-17(10-8-15)19(24(5)6)20(26)25(12-11-23(3)4)13-18-16(2)21-14-22-18/h7-10,14,19H,11-13H2,1-6H3,(H,21,22). The summed E-state index contributed by atoms with van der Waals surface area (Å²) < 4.78 is 0. The summed E-state index contributed by atoms with van der Waals surface area (Å²) in [5.41, 5.74) is 4.12. The number of benzene rings is 1. The van der Waals surface area contributed by atoms with Gasteiger partial charge in [0.25, 0.3) is 0 Å². The summed E-state index contributed by atoms with van der Waals surface area (Å²) in [5, 5.41) is 0. The van der Waals surface area contributed by atoms with Crippen molar-refractivity contribution in [1.82, 2.24) is 24.7 Å². The number of hydrogen-bond acceptors (Lipinski definition) is 4. The first kappa shape index (κ1) is 20.1. The van der Waals surface area contributed by atoms with E-state index in [1.165, 1.54) is 5.56 Å². The first-order valence-corrected chi connectivity index (χ1v) is 8.95. The molecular formula is C20H31N5O. The van der Waals surface area contributed by atoms with Gasteiger partial charge < -0.3 is 14.8 Å². The van der Waals surface area contributed by atoms with E-state index in [1.807, 2.05) is 57.0 Å². The third-order valence-electron chi connectivity index (χ3n) is 4.55. The maximum absolute atomic E-state index is 13.4. The number of nitrogens with zero attached hydrogens (tertiary/aromatic N) is 4. The molecule has 142 valence electrons. The molecule has 26 heavy (non-hydrogen) atoms. The molecule has 0 spiro atoms. The average Bonchev–Trinajstić information content (AvgIpc) is 2.97. The van der Waals surface area contributed by atoms with Crippen LogP contribution in [-0.4, -0.2) is 71.9 Å². The maximum atomic E-state index is 13.4. The largest absolute Gasteiger partial charge is 0.348 e. The molecule has 6 heteroatoms. The van der Waals surface area contributed by atoms with Crippen LogP contribution in [0.25, 0.3) is 0 Å². The van der Waals surface area contributed by atoms with Crippen LogP contribution in [0.15, 0.2) is 30.6 Å². The Kier molecular flexibility index (Phi) is 6.94. The lowest BCUT2D eigenvalue weighted by atomic mass is 10.0.